The quantitative estimate of drug-likeness (QED) is 0.557. The minimum atomic E-state index is -5.91. The van der Waals surface area contributed by atoms with Crippen LogP contribution < -0.4 is 5.73 Å². The van der Waals surface area contributed by atoms with Crippen LogP contribution in [-0.2, 0) is 9.59 Å². The second-order valence-electron chi connectivity index (χ2n) is 2.70. The summed E-state index contributed by atoms with van der Waals surface area (Å²) in [7, 11) is 0. The van der Waals surface area contributed by atoms with Crippen LogP contribution in [-0.4, -0.2) is 29.1 Å². The van der Waals surface area contributed by atoms with Gasteiger partial charge in [0.25, 0.3) is 0 Å². The molecule has 1 atom stereocenters. The summed E-state index contributed by atoms with van der Waals surface area (Å²) in [6.07, 6.45) is -8.10. The van der Waals surface area contributed by atoms with Crippen molar-refractivity contribution in [2.75, 3.05) is 0 Å². The molecule has 0 saturated heterocycles. The van der Waals surface area contributed by atoms with Crippen molar-refractivity contribution in [3.05, 3.63) is 0 Å². The van der Waals surface area contributed by atoms with Gasteiger partial charge in [-0.25, -0.2) is 0 Å². The van der Waals surface area contributed by atoms with Gasteiger partial charge >= 0.3 is 18.1 Å². The van der Waals surface area contributed by atoms with Crippen LogP contribution in [0.1, 0.15) is 6.42 Å². The van der Waals surface area contributed by atoms with Crippen LogP contribution in [0.3, 0.4) is 0 Å². The molecule has 0 aromatic heterocycles. The zero-order chi connectivity index (χ0) is 12.4. The Balaban J connectivity index is 4.83. The molecule has 0 spiro atoms. The number of carboxylic acids is 1. The molecule has 0 aromatic carbocycles. The lowest BCUT2D eigenvalue weighted by molar-refractivity contribution is -0.286. The first-order valence-electron chi connectivity index (χ1n) is 3.45. The highest BCUT2D eigenvalue weighted by Gasteiger charge is 2.59. The van der Waals surface area contributed by atoms with Gasteiger partial charge in [-0.2, -0.15) is 22.0 Å². The molecule has 0 aliphatic rings. The van der Waals surface area contributed by atoms with Crippen LogP contribution in [0.5, 0.6) is 0 Å². The van der Waals surface area contributed by atoms with Gasteiger partial charge in [0.2, 0.25) is 5.91 Å². The second-order valence-corrected chi connectivity index (χ2v) is 2.70. The number of alkyl halides is 5. The Bertz CT molecular complexity index is 260. The smallest absolute Gasteiger partial charge is 0.453 e. The highest BCUT2D eigenvalue weighted by molar-refractivity contribution is 5.96. The summed E-state index contributed by atoms with van der Waals surface area (Å²) in [5.41, 5.74) is 4.37. The molecule has 9 heteroatoms. The van der Waals surface area contributed by atoms with Crippen LogP contribution in [0.25, 0.3) is 0 Å². The summed E-state index contributed by atoms with van der Waals surface area (Å²) in [5, 5.41) is 8.17. The van der Waals surface area contributed by atoms with Crippen molar-refractivity contribution in [2.24, 2.45) is 11.7 Å². The second kappa shape index (κ2) is 3.99. The normalized spacial score (nSPS) is 14.7. The molecule has 3 N–H and O–H groups in total. The molecule has 15 heavy (non-hydrogen) atoms. The Hall–Kier alpha value is -1.41. The molecule has 0 fully saturated rings. The van der Waals surface area contributed by atoms with E-state index in [1.165, 1.54) is 0 Å². The van der Waals surface area contributed by atoms with Crippen LogP contribution in [0.2, 0.25) is 0 Å². The van der Waals surface area contributed by atoms with Gasteiger partial charge < -0.3 is 10.8 Å². The SMILES string of the molecule is NC(=O)C(CC(F)(F)C(F)(F)F)C(=O)O. The van der Waals surface area contributed by atoms with Crippen LogP contribution in [0, 0.1) is 5.92 Å². The van der Waals surface area contributed by atoms with E-state index in [1.807, 2.05) is 0 Å². The molecular formula is C6H6F5NO3. The van der Waals surface area contributed by atoms with Crippen LogP contribution in [0.15, 0.2) is 0 Å². The Morgan fingerprint density at radius 1 is 1.20 bits per heavy atom. The summed E-state index contributed by atoms with van der Waals surface area (Å²) < 4.78 is 59.5. The number of carbonyl (C=O) groups excluding carboxylic acids is 1. The van der Waals surface area contributed by atoms with Gasteiger partial charge in [0.1, 0.15) is 5.92 Å². The van der Waals surface area contributed by atoms with Gasteiger partial charge in [-0.05, 0) is 0 Å². The summed E-state index contributed by atoms with van der Waals surface area (Å²) in [4.78, 5) is 20.4. The number of carboxylic acid groups (broad SMARTS) is 1. The maximum atomic E-state index is 12.3. The average molecular weight is 235 g/mol. The van der Waals surface area contributed by atoms with E-state index in [4.69, 9.17) is 5.11 Å². The number of hydrogen-bond donors (Lipinski definition) is 2. The van der Waals surface area contributed by atoms with Crippen LogP contribution >= 0.6 is 0 Å². The highest BCUT2D eigenvalue weighted by Crippen LogP contribution is 2.40. The molecule has 0 heterocycles. The lowest BCUT2D eigenvalue weighted by Crippen LogP contribution is -2.43. The van der Waals surface area contributed by atoms with Crippen molar-refractivity contribution >= 4 is 11.9 Å². The Morgan fingerprint density at radius 2 is 1.60 bits per heavy atom. The van der Waals surface area contributed by atoms with E-state index in [0.29, 0.717) is 0 Å². The first-order chi connectivity index (χ1) is 6.49. The fourth-order valence-corrected chi connectivity index (χ4v) is 0.682. The van der Waals surface area contributed by atoms with E-state index in [0.717, 1.165) is 0 Å². The first-order valence-corrected chi connectivity index (χ1v) is 3.45. The largest absolute Gasteiger partial charge is 0.481 e. The van der Waals surface area contributed by atoms with E-state index in [2.05, 4.69) is 5.73 Å². The lowest BCUT2D eigenvalue weighted by atomic mass is 10.00. The number of amides is 1. The van der Waals surface area contributed by atoms with Gasteiger partial charge in [-0.15, -0.1) is 0 Å². The van der Waals surface area contributed by atoms with Gasteiger partial charge in [-0.1, -0.05) is 0 Å². The summed E-state index contributed by atoms with van der Waals surface area (Å²) >= 11 is 0. The third-order valence-electron chi connectivity index (χ3n) is 1.52. The zero-order valence-electron chi connectivity index (χ0n) is 7.02. The summed E-state index contributed by atoms with van der Waals surface area (Å²) in [6.45, 7) is 0. The minimum Gasteiger partial charge on any atom is -0.481 e. The Labute approximate surface area is 79.8 Å². The maximum Gasteiger partial charge on any atom is 0.453 e. The summed E-state index contributed by atoms with van der Waals surface area (Å²) in [6, 6.07) is 0. The predicted octanol–water partition coefficient (Wildman–Crippen LogP) is 0.760. The molecule has 0 aliphatic heterocycles. The lowest BCUT2D eigenvalue weighted by Gasteiger charge is -2.21. The number of rotatable bonds is 4. The monoisotopic (exact) mass is 235 g/mol. The molecule has 88 valence electrons. The standard InChI is InChI=1S/C6H6F5NO3/c7-5(8,6(9,10)11)1-2(3(12)13)4(14)15/h2H,1H2,(H2,12,13)(H,14,15). The fourth-order valence-electron chi connectivity index (χ4n) is 0.682. The van der Waals surface area contributed by atoms with Gasteiger partial charge in [-0.3, -0.25) is 9.59 Å². The number of aliphatic carboxylic acids is 1. The molecule has 0 bridgehead atoms. The fraction of sp³-hybridized carbons (Fsp3) is 0.667. The number of carbonyl (C=O) groups is 2. The van der Waals surface area contributed by atoms with Crippen molar-refractivity contribution < 1.29 is 36.6 Å². The molecule has 1 unspecified atom stereocenters. The molecule has 0 aliphatic carbocycles. The average Bonchev–Trinajstić information content (AvgIpc) is 1.96. The zero-order valence-corrected chi connectivity index (χ0v) is 7.02. The first kappa shape index (κ1) is 13.6. The third-order valence-corrected chi connectivity index (χ3v) is 1.52. The van der Waals surface area contributed by atoms with E-state index >= 15 is 0 Å². The summed E-state index contributed by atoms with van der Waals surface area (Å²) in [5.74, 6) is -11.7. The van der Waals surface area contributed by atoms with E-state index in [1.54, 1.807) is 0 Å². The Kier molecular flexibility index (Phi) is 3.61. The van der Waals surface area contributed by atoms with E-state index in [9.17, 15) is 31.5 Å². The van der Waals surface area contributed by atoms with Crippen molar-refractivity contribution in [1.29, 1.82) is 0 Å². The van der Waals surface area contributed by atoms with E-state index < -0.39 is 36.3 Å². The molecule has 0 radical (unpaired) electrons. The molecule has 4 nitrogen and oxygen atoms in total. The molecule has 1 amide bonds. The van der Waals surface area contributed by atoms with Crippen molar-refractivity contribution in [2.45, 2.75) is 18.5 Å². The van der Waals surface area contributed by atoms with Gasteiger partial charge in [0.05, 0.1) is 0 Å². The van der Waals surface area contributed by atoms with Crippen molar-refractivity contribution in [3.63, 3.8) is 0 Å². The van der Waals surface area contributed by atoms with Gasteiger partial charge in [0.15, 0.2) is 0 Å². The van der Waals surface area contributed by atoms with Crippen molar-refractivity contribution in [1.82, 2.24) is 0 Å². The highest BCUT2D eigenvalue weighted by atomic mass is 19.4. The van der Waals surface area contributed by atoms with Gasteiger partial charge in [0, 0.05) is 6.42 Å². The van der Waals surface area contributed by atoms with Crippen molar-refractivity contribution in [3.8, 4) is 0 Å². The molecule has 0 aromatic rings. The molecular weight excluding hydrogens is 229 g/mol. The molecule has 0 rings (SSSR count). The predicted molar refractivity (Wildman–Crippen MR) is 35.9 cm³/mol. The number of halogens is 5. The Morgan fingerprint density at radius 3 is 1.80 bits per heavy atom. The number of hydrogen-bond acceptors (Lipinski definition) is 2. The minimum absolute atomic E-state index is 1.74. The topological polar surface area (TPSA) is 80.4 Å². The van der Waals surface area contributed by atoms with Crippen LogP contribution in [0.4, 0.5) is 22.0 Å². The molecule has 0 saturated carbocycles. The number of primary amides is 1. The third kappa shape index (κ3) is 3.33. The maximum absolute atomic E-state index is 12.3. The van der Waals surface area contributed by atoms with E-state index in [-0.39, 0.29) is 0 Å². The number of nitrogens with two attached hydrogens (primary N) is 1.